The van der Waals surface area contributed by atoms with Gasteiger partial charge in [-0.15, -0.1) is 5.06 Å². The topological polar surface area (TPSA) is 29.5 Å². The van der Waals surface area contributed by atoms with Crippen molar-refractivity contribution in [3.63, 3.8) is 0 Å². The summed E-state index contributed by atoms with van der Waals surface area (Å²) in [5, 5.41) is 1.89. The Morgan fingerprint density at radius 1 is 1.17 bits per heavy atom. The molecule has 2 rings (SSSR count). The molecule has 1 aliphatic heterocycles. The molecule has 3 nitrogen and oxygen atoms in total. The van der Waals surface area contributed by atoms with E-state index in [2.05, 4.69) is 27.7 Å². The van der Waals surface area contributed by atoms with Gasteiger partial charge in [0.05, 0.1) is 11.1 Å². The molecule has 0 amide bonds. The van der Waals surface area contributed by atoms with Gasteiger partial charge in [-0.3, -0.25) is 0 Å². The van der Waals surface area contributed by atoms with Crippen molar-refractivity contribution in [3.05, 3.63) is 30.2 Å². The van der Waals surface area contributed by atoms with E-state index in [0.717, 1.165) is 12.8 Å². The number of rotatable bonds is 2. The van der Waals surface area contributed by atoms with Crippen LogP contribution in [0.2, 0.25) is 0 Å². The monoisotopic (exact) mass is 248 g/mol. The van der Waals surface area contributed by atoms with E-state index < -0.39 is 0 Å². The number of carbonyl (C=O) groups excluding carboxylic acids is 1. The SMILES string of the molecule is CC1(C)CCCC(C)(C)N1OC(=O)C1=CC=C[CH]1. The van der Waals surface area contributed by atoms with Crippen LogP contribution in [0.3, 0.4) is 0 Å². The van der Waals surface area contributed by atoms with Crippen LogP contribution in [-0.4, -0.2) is 22.1 Å². The van der Waals surface area contributed by atoms with Crippen molar-refractivity contribution in [2.75, 3.05) is 0 Å². The maximum atomic E-state index is 12.1. The normalized spacial score (nSPS) is 25.9. The summed E-state index contributed by atoms with van der Waals surface area (Å²) in [7, 11) is 0. The molecular formula is C15H22NO2. The van der Waals surface area contributed by atoms with Gasteiger partial charge in [0, 0.05) is 12.0 Å². The van der Waals surface area contributed by atoms with E-state index in [1.165, 1.54) is 6.42 Å². The molecule has 0 atom stereocenters. The number of carbonyl (C=O) groups is 1. The lowest BCUT2D eigenvalue weighted by molar-refractivity contribution is -0.262. The van der Waals surface area contributed by atoms with Gasteiger partial charge in [-0.25, -0.2) is 4.79 Å². The Morgan fingerprint density at radius 2 is 1.78 bits per heavy atom. The summed E-state index contributed by atoms with van der Waals surface area (Å²) in [5.74, 6) is -0.261. The average Bonchev–Trinajstić information content (AvgIpc) is 2.76. The molecule has 1 radical (unpaired) electrons. The van der Waals surface area contributed by atoms with E-state index >= 15 is 0 Å². The lowest BCUT2D eigenvalue weighted by atomic mass is 9.82. The molecule has 99 valence electrons. The second kappa shape index (κ2) is 4.54. The zero-order chi connectivity index (χ0) is 13.4. The molecule has 0 aromatic heterocycles. The molecule has 0 unspecified atom stereocenters. The second-order valence-electron chi connectivity index (χ2n) is 6.33. The van der Waals surface area contributed by atoms with E-state index in [4.69, 9.17) is 4.84 Å². The first-order chi connectivity index (χ1) is 8.33. The van der Waals surface area contributed by atoms with Gasteiger partial charge in [0.15, 0.2) is 0 Å². The zero-order valence-electron chi connectivity index (χ0n) is 11.7. The maximum Gasteiger partial charge on any atom is 0.353 e. The van der Waals surface area contributed by atoms with Gasteiger partial charge < -0.3 is 4.84 Å². The quantitative estimate of drug-likeness (QED) is 0.751. The van der Waals surface area contributed by atoms with Crippen LogP contribution in [0.5, 0.6) is 0 Å². The van der Waals surface area contributed by atoms with E-state index in [0.29, 0.717) is 5.57 Å². The third kappa shape index (κ3) is 2.51. The van der Waals surface area contributed by atoms with Crippen molar-refractivity contribution in [2.24, 2.45) is 0 Å². The first kappa shape index (κ1) is 13.3. The van der Waals surface area contributed by atoms with Crippen LogP contribution in [0.4, 0.5) is 0 Å². The number of hydroxylamine groups is 2. The Balaban J connectivity index is 2.11. The third-order valence-corrected chi connectivity index (χ3v) is 3.75. The highest BCUT2D eigenvalue weighted by Crippen LogP contribution is 2.38. The second-order valence-corrected chi connectivity index (χ2v) is 6.33. The Labute approximate surface area is 109 Å². The van der Waals surface area contributed by atoms with Gasteiger partial charge in [-0.2, -0.15) is 0 Å². The van der Waals surface area contributed by atoms with E-state index in [1.807, 2.05) is 17.2 Å². The Kier molecular flexibility index (Phi) is 3.37. The van der Waals surface area contributed by atoms with Crippen molar-refractivity contribution < 1.29 is 9.63 Å². The minimum absolute atomic E-state index is 0.107. The minimum Gasteiger partial charge on any atom is -0.363 e. The van der Waals surface area contributed by atoms with Gasteiger partial charge >= 0.3 is 5.97 Å². The van der Waals surface area contributed by atoms with Crippen LogP contribution in [0, 0.1) is 6.42 Å². The number of piperidine rings is 1. The van der Waals surface area contributed by atoms with Crippen molar-refractivity contribution in [2.45, 2.75) is 58.0 Å². The highest BCUT2D eigenvalue weighted by atomic mass is 16.7. The summed E-state index contributed by atoms with van der Waals surface area (Å²) in [4.78, 5) is 17.7. The van der Waals surface area contributed by atoms with Crippen molar-refractivity contribution in [3.8, 4) is 0 Å². The Hall–Kier alpha value is -1.09. The van der Waals surface area contributed by atoms with Gasteiger partial charge in [0.2, 0.25) is 0 Å². The molecule has 1 fully saturated rings. The highest BCUT2D eigenvalue weighted by Gasteiger charge is 2.44. The van der Waals surface area contributed by atoms with Gasteiger partial charge in [-0.05, 0) is 47.0 Å². The summed E-state index contributed by atoms with van der Waals surface area (Å²) in [6.45, 7) is 8.52. The smallest absolute Gasteiger partial charge is 0.353 e. The molecule has 1 heterocycles. The molecule has 0 N–H and O–H groups in total. The van der Waals surface area contributed by atoms with E-state index in [9.17, 15) is 4.79 Å². The van der Waals surface area contributed by atoms with Gasteiger partial charge in [0.25, 0.3) is 0 Å². The molecule has 1 saturated heterocycles. The molecule has 0 saturated carbocycles. The first-order valence-corrected chi connectivity index (χ1v) is 6.57. The number of hydrogen-bond acceptors (Lipinski definition) is 3. The zero-order valence-corrected chi connectivity index (χ0v) is 11.7. The Bertz CT molecular complexity index is 389. The minimum atomic E-state index is -0.261. The number of allylic oxidation sites excluding steroid dienone is 3. The molecule has 0 spiro atoms. The van der Waals surface area contributed by atoms with Crippen LogP contribution < -0.4 is 0 Å². The fourth-order valence-corrected chi connectivity index (χ4v) is 2.87. The molecule has 2 aliphatic rings. The largest absolute Gasteiger partial charge is 0.363 e. The summed E-state index contributed by atoms with van der Waals surface area (Å²) in [6.07, 6.45) is 10.5. The van der Waals surface area contributed by atoms with Crippen LogP contribution in [-0.2, 0) is 9.63 Å². The third-order valence-electron chi connectivity index (χ3n) is 3.75. The summed E-state index contributed by atoms with van der Waals surface area (Å²) >= 11 is 0. The summed E-state index contributed by atoms with van der Waals surface area (Å²) in [5.41, 5.74) is 0.403. The van der Waals surface area contributed by atoms with Crippen LogP contribution in [0.25, 0.3) is 0 Å². The van der Waals surface area contributed by atoms with Crippen LogP contribution in [0.1, 0.15) is 47.0 Å². The van der Waals surface area contributed by atoms with E-state index in [1.54, 1.807) is 12.5 Å². The van der Waals surface area contributed by atoms with Crippen LogP contribution in [0.15, 0.2) is 23.8 Å². The molecule has 0 bridgehead atoms. The molecule has 1 aliphatic carbocycles. The van der Waals surface area contributed by atoms with Gasteiger partial charge in [0.1, 0.15) is 0 Å². The lowest BCUT2D eigenvalue weighted by Crippen LogP contribution is -2.58. The van der Waals surface area contributed by atoms with Crippen molar-refractivity contribution in [1.29, 1.82) is 0 Å². The van der Waals surface area contributed by atoms with E-state index in [-0.39, 0.29) is 17.0 Å². The summed E-state index contributed by atoms with van der Waals surface area (Å²) in [6, 6.07) is 0. The average molecular weight is 248 g/mol. The standard InChI is InChI=1S/C15H22NO2/c1-14(2)10-7-11-15(3,4)16(14)18-13(17)12-8-5-6-9-12/h5-6,8-9H,7,10-11H2,1-4H3. The molecule has 18 heavy (non-hydrogen) atoms. The maximum absolute atomic E-state index is 12.1. The van der Waals surface area contributed by atoms with Crippen molar-refractivity contribution in [1.82, 2.24) is 5.06 Å². The fraction of sp³-hybridized carbons (Fsp3) is 0.600. The lowest BCUT2D eigenvalue weighted by Gasteiger charge is -2.50. The molecular weight excluding hydrogens is 226 g/mol. The van der Waals surface area contributed by atoms with Crippen LogP contribution >= 0.6 is 0 Å². The van der Waals surface area contributed by atoms with Gasteiger partial charge in [-0.1, -0.05) is 18.2 Å². The molecule has 0 aromatic carbocycles. The first-order valence-electron chi connectivity index (χ1n) is 6.57. The molecule has 3 heteroatoms. The Morgan fingerprint density at radius 3 is 2.28 bits per heavy atom. The fourth-order valence-electron chi connectivity index (χ4n) is 2.87. The number of hydrogen-bond donors (Lipinski definition) is 0. The number of nitrogens with zero attached hydrogens (tertiary/aromatic N) is 1. The predicted octanol–water partition coefficient (Wildman–Crippen LogP) is 3.19. The molecule has 0 aromatic rings. The highest BCUT2D eigenvalue weighted by molar-refractivity contribution is 5.92. The summed E-state index contributed by atoms with van der Waals surface area (Å²) < 4.78 is 0. The van der Waals surface area contributed by atoms with Crippen molar-refractivity contribution >= 4 is 5.97 Å². The predicted molar refractivity (Wildman–Crippen MR) is 71.5 cm³/mol.